The van der Waals surface area contributed by atoms with Crippen molar-refractivity contribution in [2.24, 2.45) is 0 Å². The molecule has 2 rings (SSSR count). The molecular weight excluding hydrogens is 314 g/mol. The fraction of sp³-hybridized carbons (Fsp3) is 0.176. The summed E-state index contributed by atoms with van der Waals surface area (Å²) < 4.78 is 17.7. The van der Waals surface area contributed by atoms with Gasteiger partial charge in [0.15, 0.2) is 0 Å². The average Bonchev–Trinajstić information content (AvgIpc) is 2.60. The van der Waals surface area contributed by atoms with Crippen LogP contribution in [0.4, 0.5) is 5.69 Å². The van der Waals surface area contributed by atoms with E-state index in [4.69, 9.17) is 4.74 Å². The first-order valence-electron chi connectivity index (χ1n) is 6.92. The lowest BCUT2D eigenvalue weighted by Crippen LogP contribution is -2.12. The molecule has 0 heterocycles. The summed E-state index contributed by atoms with van der Waals surface area (Å²) in [5, 5.41) is 10.4. The maximum absolute atomic E-state index is 12.6. The second-order valence-corrected chi connectivity index (χ2v) is 6.72. The third kappa shape index (κ3) is 3.84. The molecule has 0 aliphatic carbocycles. The fourth-order valence-corrected chi connectivity index (χ4v) is 3.28. The summed E-state index contributed by atoms with van der Waals surface area (Å²) in [6.45, 7) is 5.85. The lowest BCUT2D eigenvalue weighted by atomic mass is 10.1. The van der Waals surface area contributed by atoms with Crippen LogP contribution in [0.2, 0.25) is 0 Å². The first kappa shape index (κ1) is 16.9. The van der Waals surface area contributed by atoms with E-state index in [-0.39, 0.29) is 10.9 Å². The maximum atomic E-state index is 12.6. The molecule has 0 spiro atoms. The first-order chi connectivity index (χ1) is 10.9. The Morgan fingerprint density at radius 3 is 2.22 bits per heavy atom. The Hall–Kier alpha value is -2.47. The molecule has 0 aliphatic heterocycles. The molecule has 2 atom stereocenters. The van der Waals surface area contributed by atoms with Gasteiger partial charge in [0.25, 0.3) is 5.69 Å². The Bertz CT molecular complexity index is 738. The van der Waals surface area contributed by atoms with Crippen LogP contribution in [0, 0.1) is 10.1 Å². The van der Waals surface area contributed by atoms with Crippen LogP contribution in [0.25, 0.3) is 5.57 Å². The molecule has 2 aromatic carbocycles. The van der Waals surface area contributed by atoms with Crippen molar-refractivity contribution in [1.82, 2.24) is 0 Å². The van der Waals surface area contributed by atoms with E-state index in [0.29, 0.717) is 4.90 Å². The van der Waals surface area contributed by atoms with Crippen LogP contribution in [0.3, 0.4) is 0 Å². The van der Waals surface area contributed by atoms with Crippen molar-refractivity contribution in [2.75, 3.05) is 7.11 Å². The van der Waals surface area contributed by atoms with Gasteiger partial charge < -0.3 is 4.74 Å². The van der Waals surface area contributed by atoms with Crippen molar-refractivity contribution in [3.8, 4) is 5.75 Å². The third-order valence-electron chi connectivity index (χ3n) is 3.55. The summed E-state index contributed by atoms with van der Waals surface area (Å²) in [7, 11) is 0.253. The highest BCUT2D eigenvalue weighted by atomic mass is 32.2. The molecule has 0 amide bonds. The predicted octanol–water partition coefficient (Wildman–Crippen LogP) is 3.81. The van der Waals surface area contributed by atoms with Gasteiger partial charge in [-0.15, -0.1) is 0 Å². The van der Waals surface area contributed by atoms with Gasteiger partial charge in [0.2, 0.25) is 0 Å². The van der Waals surface area contributed by atoms with Gasteiger partial charge in [-0.2, -0.15) is 0 Å². The van der Waals surface area contributed by atoms with Crippen LogP contribution < -0.4 is 4.74 Å². The zero-order valence-electron chi connectivity index (χ0n) is 12.9. The van der Waals surface area contributed by atoms with E-state index < -0.39 is 15.7 Å². The van der Waals surface area contributed by atoms with Crippen molar-refractivity contribution in [3.63, 3.8) is 0 Å². The van der Waals surface area contributed by atoms with E-state index in [9.17, 15) is 14.3 Å². The molecule has 0 fully saturated rings. The minimum Gasteiger partial charge on any atom is -0.497 e. The molecule has 6 heteroatoms. The van der Waals surface area contributed by atoms with Crippen molar-refractivity contribution >= 4 is 22.1 Å². The van der Waals surface area contributed by atoms with Gasteiger partial charge in [0.1, 0.15) is 5.75 Å². The number of hydrogen-bond acceptors (Lipinski definition) is 4. The molecule has 0 saturated carbocycles. The zero-order valence-corrected chi connectivity index (χ0v) is 13.7. The molecule has 0 aliphatic rings. The summed E-state index contributed by atoms with van der Waals surface area (Å²) in [5.74, 6) is 0.741. The highest BCUT2D eigenvalue weighted by Crippen LogP contribution is 2.26. The number of nitro benzene ring substituents is 1. The number of nitrogens with zero attached hydrogens (tertiary/aromatic N) is 1. The molecule has 0 saturated heterocycles. The monoisotopic (exact) mass is 331 g/mol. The second kappa shape index (κ2) is 7.19. The molecule has 0 aromatic heterocycles. The number of non-ortho nitro benzene ring substituents is 1. The summed E-state index contributed by atoms with van der Waals surface area (Å²) >= 11 is 0. The summed E-state index contributed by atoms with van der Waals surface area (Å²) in [6, 6.07) is 13.1. The molecule has 2 unspecified atom stereocenters. The van der Waals surface area contributed by atoms with Crippen LogP contribution in [0.1, 0.15) is 12.5 Å². The minimum absolute atomic E-state index is 0.0209. The molecular formula is C17H17NO4S. The van der Waals surface area contributed by atoms with E-state index in [1.165, 1.54) is 24.3 Å². The van der Waals surface area contributed by atoms with Gasteiger partial charge >= 0.3 is 0 Å². The second-order valence-electron chi connectivity index (χ2n) is 4.94. The molecule has 120 valence electrons. The molecule has 0 bridgehead atoms. The smallest absolute Gasteiger partial charge is 0.269 e. The molecule has 0 radical (unpaired) electrons. The highest BCUT2D eigenvalue weighted by Gasteiger charge is 2.18. The van der Waals surface area contributed by atoms with Gasteiger partial charge in [-0.1, -0.05) is 18.7 Å². The van der Waals surface area contributed by atoms with Crippen LogP contribution in [-0.4, -0.2) is 21.5 Å². The van der Waals surface area contributed by atoms with Gasteiger partial charge in [-0.3, -0.25) is 14.3 Å². The van der Waals surface area contributed by atoms with Gasteiger partial charge in [0, 0.05) is 17.0 Å². The van der Waals surface area contributed by atoms with Crippen molar-refractivity contribution in [2.45, 2.75) is 17.1 Å². The topological polar surface area (TPSA) is 69.4 Å². The van der Waals surface area contributed by atoms with E-state index in [1.807, 2.05) is 31.2 Å². The number of rotatable bonds is 6. The van der Waals surface area contributed by atoms with Crippen LogP contribution in [0.5, 0.6) is 5.75 Å². The van der Waals surface area contributed by atoms with E-state index in [1.54, 1.807) is 7.11 Å². The average molecular weight is 331 g/mol. The summed E-state index contributed by atoms with van der Waals surface area (Å²) in [4.78, 5) is 10.7. The Morgan fingerprint density at radius 1 is 1.17 bits per heavy atom. The van der Waals surface area contributed by atoms with Crippen LogP contribution in [0.15, 0.2) is 60.0 Å². The summed E-state index contributed by atoms with van der Waals surface area (Å²) in [6.07, 6.45) is 0. The third-order valence-corrected chi connectivity index (χ3v) is 5.22. The number of methoxy groups -OCH3 is 1. The van der Waals surface area contributed by atoms with Crippen molar-refractivity contribution < 1.29 is 13.9 Å². The predicted molar refractivity (Wildman–Crippen MR) is 91.0 cm³/mol. The Morgan fingerprint density at radius 2 is 1.74 bits per heavy atom. The largest absolute Gasteiger partial charge is 0.497 e. The summed E-state index contributed by atoms with van der Waals surface area (Å²) in [5.41, 5.74) is 1.60. The lowest BCUT2D eigenvalue weighted by molar-refractivity contribution is -0.384. The number of hydrogen-bond donors (Lipinski definition) is 0. The normalized spacial score (nSPS) is 13.1. The standard InChI is InChI=1S/C17H17NO4S/c1-12(14-4-8-16(22-3)9-5-14)13(2)23(21)17-10-6-15(7-11-17)18(19)20/h4-11,13H,1H2,2-3H3. The maximum Gasteiger partial charge on any atom is 0.269 e. The zero-order chi connectivity index (χ0) is 17.0. The minimum atomic E-state index is -1.34. The van der Waals surface area contributed by atoms with Crippen molar-refractivity contribution in [1.29, 1.82) is 0 Å². The van der Waals surface area contributed by atoms with Crippen LogP contribution in [-0.2, 0) is 10.8 Å². The van der Waals surface area contributed by atoms with E-state index in [0.717, 1.165) is 16.9 Å². The lowest BCUT2D eigenvalue weighted by Gasteiger charge is -2.15. The van der Waals surface area contributed by atoms with E-state index in [2.05, 4.69) is 6.58 Å². The highest BCUT2D eigenvalue weighted by molar-refractivity contribution is 7.86. The molecule has 23 heavy (non-hydrogen) atoms. The molecule has 0 N–H and O–H groups in total. The Kier molecular flexibility index (Phi) is 5.28. The van der Waals surface area contributed by atoms with Crippen LogP contribution >= 0.6 is 0 Å². The van der Waals surface area contributed by atoms with Gasteiger partial charge in [0.05, 0.1) is 28.1 Å². The molecule has 5 nitrogen and oxygen atoms in total. The number of nitro groups is 1. The van der Waals surface area contributed by atoms with Crippen molar-refractivity contribution in [3.05, 3.63) is 70.8 Å². The Balaban J connectivity index is 2.17. The number of ether oxygens (including phenoxy) is 1. The van der Waals surface area contributed by atoms with Gasteiger partial charge in [-0.25, -0.2) is 0 Å². The van der Waals surface area contributed by atoms with E-state index >= 15 is 0 Å². The number of benzene rings is 2. The first-order valence-corrected chi connectivity index (χ1v) is 8.13. The fourth-order valence-electron chi connectivity index (χ4n) is 2.08. The Labute approximate surface area is 137 Å². The van der Waals surface area contributed by atoms with Gasteiger partial charge in [-0.05, 0) is 42.3 Å². The SMILES string of the molecule is C=C(c1ccc(OC)cc1)C(C)S(=O)c1ccc([N+](=O)[O-])cc1. The quantitative estimate of drug-likeness (QED) is 0.596. The molecule has 2 aromatic rings.